The summed E-state index contributed by atoms with van der Waals surface area (Å²) in [5.41, 5.74) is 3.05. The second-order valence-electron chi connectivity index (χ2n) is 8.15. The van der Waals surface area contributed by atoms with Crippen LogP contribution in [0.2, 0.25) is 0 Å². The number of benzene rings is 1. The van der Waals surface area contributed by atoms with E-state index in [1.165, 1.54) is 23.1 Å². The van der Waals surface area contributed by atoms with E-state index in [4.69, 9.17) is 9.40 Å². The molecule has 0 saturated heterocycles. The number of thioether (sulfide) groups is 1. The highest BCUT2D eigenvalue weighted by atomic mass is 79.9. The minimum absolute atomic E-state index is 0.00637. The summed E-state index contributed by atoms with van der Waals surface area (Å²) in [7, 11) is 0. The van der Waals surface area contributed by atoms with Gasteiger partial charge in [0.15, 0.2) is 20.5 Å². The van der Waals surface area contributed by atoms with Gasteiger partial charge in [0.25, 0.3) is 5.56 Å². The number of fused-ring (bicyclic) bond motifs is 3. The Kier molecular flexibility index (Phi) is 5.88. The molecule has 172 valence electrons. The standard InChI is InChI=1S/C24H20BrN5O2S2/c25-20-11-10-18(32-20)22-27-28-24(29(22)13-15-6-2-1-3-7-15)33-14-16-12-21(31)30-17-8-4-5-9-19(17)34-23(30)26-16/h1-3,6-7,10-12H,4-5,8-9,13-14H2. The fourth-order valence-electron chi connectivity index (χ4n) is 4.27. The monoisotopic (exact) mass is 553 g/mol. The van der Waals surface area contributed by atoms with Gasteiger partial charge in [-0.1, -0.05) is 42.1 Å². The Labute approximate surface area is 212 Å². The molecule has 1 aliphatic rings. The molecule has 6 rings (SSSR count). The third-order valence-corrected chi connectivity index (χ3v) is 8.43. The van der Waals surface area contributed by atoms with E-state index >= 15 is 0 Å². The Balaban J connectivity index is 1.32. The van der Waals surface area contributed by atoms with Crippen molar-refractivity contribution in [2.24, 2.45) is 0 Å². The predicted octanol–water partition coefficient (Wildman–Crippen LogP) is 5.59. The van der Waals surface area contributed by atoms with Crippen LogP contribution in [0.5, 0.6) is 0 Å². The molecule has 5 aromatic rings. The van der Waals surface area contributed by atoms with Crippen molar-refractivity contribution < 1.29 is 4.42 Å². The first-order valence-electron chi connectivity index (χ1n) is 11.0. The molecule has 0 radical (unpaired) electrons. The molecule has 1 aliphatic carbocycles. The minimum Gasteiger partial charge on any atom is -0.446 e. The molecule has 10 heteroatoms. The fraction of sp³-hybridized carbons (Fsp3) is 0.250. The van der Waals surface area contributed by atoms with Crippen molar-refractivity contribution in [3.8, 4) is 11.6 Å². The minimum atomic E-state index is 0.00637. The second kappa shape index (κ2) is 9.16. The van der Waals surface area contributed by atoms with Crippen LogP contribution in [-0.2, 0) is 25.1 Å². The zero-order valence-electron chi connectivity index (χ0n) is 18.1. The van der Waals surface area contributed by atoms with Gasteiger partial charge in [-0.15, -0.1) is 21.5 Å². The summed E-state index contributed by atoms with van der Waals surface area (Å²) in [4.78, 5) is 19.8. The Morgan fingerprint density at radius 3 is 2.76 bits per heavy atom. The Morgan fingerprint density at radius 2 is 1.94 bits per heavy atom. The number of aryl methyl sites for hydroxylation is 2. The maximum absolute atomic E-state index is 12.9. The highest BCUT2D eigenvalue weighted by Gasteiger charge is 2.20. The van der Waals surface area contributed by atoms with Gasteiger partial charge in [-0.3, -0.25) is 13.8 Å². The molecular weight excluding hydrogens is 534 g/mol. The number of rotatable bonds is 6. The first kappa shape index (κ1) is 21.8. The summed E-state index contributed by atoms with van der Waals surface area (Å²) in [5, 5.41) is 9.60. The van der Waals surface area contributed by atoms with Crippen molar-refractivity contribution in [3.05, 3.63) is 85.4 Å². The molecule has 34 heavy (non-hydrogen) atoms. The summed E-state index contributed by atoms with van der Waals surface area (Å²) in [6.45, 7) is 0.608. The van der Waals surface area contributed by atoms with Gasteiger partial charge >= 0.3 is 0 Å². The smallest absolute Gasteiger partial charge is 0.259 e. The highest BCUT2D eigenvalue weighted by Crippen LogP contribution is 2.31. The normalized spacial score (nSPS) is 13.4. The van der Waals surface area contributed by atoms with Gasteiger partial charge in [0.2, 0.25) is 5.82 Å². The lowest BCUT2D eigenvalue weighted by atomic mass is 10.0. The van der Waals surface area contributed by atoms with Crippen LogP contribution in [0.25, 0.3) is 16.5 Å². The van der Waals surface area contributed by atoms with Gasteiger partial charge in [-0.05, 0) is 59.3 Å². The molecule has 0 unspecified atom stereocenters. The van der Waals surface area contributed by atoms with Gasteiger partial charge < -0.3 is 4.42 Å². The first-order chi connectivity index (χ1) is 16.7. The molecule has 0 N–H and O–H groups in total. The number of hydrogen-bond acceptors (Lipinski definition) is 7. The summed E-state index contributed by atoms with van der Waals surface area (Å²) in [6, 6.07) is 15.6. The van der Waals surface area contributed by atoms with E-state index in [2.05, 4.69) is 38.3 Å². The van der Waals surface area contributed by atoms with Crippen LogP contribution in [-0.4, -0.2) is 24.1 Å². The van der Waals surface area contributed by atoms with Crippen molar-refractivity contribution >= 4 is 44.0 Å². The average Bonchev–Trinajstić information content (AvgIpc) is 3.55. The van der Waals surface area contributed by atoms with Gasteiger partial charge in [0.05, 0.1) is 12.2 Å². The van der Waals surface area contributed by atoms with Crippen LogP contribution in [0.4, 0.5) is 0 Å². The van der Waals surface area contributed by atoms with E-state index < -0.39 is 0 Å². The molecule has 0 bridgehead atoms. The van der Waals surface area contributed by atoms with Crippen molar-refractivity contribution in [1.29, 1.82) is 0 Å². The molecule has 1 aromatic carbocycles. The molecule has 0 aliphatic heterocycles. The van der Waals surface area contributed by atoms with Crippen LogP contribution in [0.15, 0.2) is 67.6 Å². The summed E-state index contributed by atoms with van der Waals surface area (Å²) < 4.78 is 10.2. The topological polar surface area (TPSA) is 78.2 Å². The van der Waals surface area contributed by atoms with Gasteiger partial charge in [-0.2, -0.15) is 0 Å². The first-order valence-corrected chi connectivity index (χ1v) is 13.6. The highest BCUT2D eigenvalue weighted by molar-refractivity contribution is 9.10. The number of nitrogens with zero attached hydrogens (tertiary/aromatic N) is 5. The number of halogens is 1. The van der Waals surface area contributed by atoms with Gasteiger partial charge in [-0.25, -0.2) is 4.98 Å². The van der Waals surface area contributed by atoms with E-state index in [1.807, 2.05) is 34.9 Å². The number of hydrogen-bond donors (Lipinski definition) is 0. The van der Waals surface area contributed by atoms with Crippen molar-refractivity contribution in [3.63, 3.8) is 0 Å². The molecule has 0 spiro atoms. The Bertz CT molecular complexity index is 1540. The third kappa shape index (κ3) is 4.14. The SMILES string of the molecule is O=c1cc(CSc2nnc(-c3ccc(Br)o3)n2Cc2ccccc2)nc2sc3c(n12)CCCC3. The Morgan fingerprint density at radius 1 is 1.09 bits per heavy atom. The van der Waals surface area contributed by atoms with E-state index in [0.29, 0.717) is 28.6 Å². The lowest BCUT2D eigenvalue weighted by molar-refractivity contribution is 0.545. The van der Waals surface area contributed by atoms with Crippen molar-refractivity contribution in [1.82, 2.24) is 24.1 Å². The molecule has 4 heterocycles. The number of aromatic nitrogens is 5. The summed E-state index contributed by atoms with van der Waals surface area (Å²) in [5.74, 6) is 1.83. The van der Waals surface area contributed by atoms with Crippen LogP contribution < -0.4 is 5.56 Å². The van der Waals surface area contributed by atoms with Crippen LogP contribution in [0.1, 0.15) is 34.7 Å². The molecule has 4 aromatic heterocycles. The molecule has 0 atom stereocenters. The average molecular weight is 554 g/mol. The Hall–Kier alpha value is -2.69. The van der Waals surface area contributed by atoms with E-state index in [0.717, 1.165) is 46.3 Å². The van der Waals surface area contributed by atoms with Crippen LogP contribution >= 0.6 is 39.0 Å². The predicted molar refractivity (Wildman–Crippen MR) is 137 cm³/mol. The van der Waals surface area contributed by atoms with E-state index in [9.17, 15) is 4.79 Å². The number of furan rings is 1. The van der Waals surface area contributed by atoms with Gasteiger partial charge in [0.1, 0.15) is 0 Å². The molecule has 0 amide bonds. The zero-order valence-corrected chi connectivity index (χ0v) is 21.3. The maximum Gasteiger partial charge on any atom is 0.259 e. The maximum atomic E-state index is 12.9. The lowest BCUT2D eigenvalue weighted by Crippen LogP contribution is -2.17. The number of thiazole rings is 1. The third-order valence-electron chi connectivity index (χ3n) is 5.86. The zero-order chi connectivity index (χ0) is 23.1. The van der Waals surface area contributed by atoms with Crippen LogP contribution in [0, 0.1) is 0 Å². The van der Waals surface area contributed by atoms with Crippen molar-refractivity contribution in [2.45, 2.75) is 43.1 Å². The molecule has 7 nitrogen and oxygen atoms in total. The fourth-order valence-corrected chi connectivity index (χ4v) is 6.64. The van der Waals surface area contributed by atoms with Crippen molar-refractivity contribution in [2.75, 3.05) is 0 Å². The lowest BCUT2D eigenvalue weighted by Gasteiger charge is -2.10. The van der Waals surface area contributed by atoms with Crippen LogP contribution in [0.3, 0.4) is 0 Å². The largest absolute Gasteiger partial charge is 0.446 e. The summed E-state index contributed by atoms with van der Waals surface area (Å²) >= 11 is 6.54. The van der Waals surface area contributed by atoms with E-state index in [-0.39, 0.29) is 5.56 Å². The molecule has 0 saturated carbocycles. The van der Waals surface area contributed by atoms with Gasteiger partial charge in [0, 0.05) is 22.4 Å². The quantitative estimate of drug-likeness (QED) is 0.255. The molecule has 0 fully saturated rings. The second-order valence-corrected chi connectivity index (χ2v) is 10.9. The summed E-state index contributed by atoms with van der Waals surface area (Å²) in [6.07, 6.45) is 4.32. The van der Waals surface area contributed by atoms with E-state index in [1.54, 1.807) is 21.8 Å². The molecular formula is C24H20BrN5O2S2.